The molecule has 0 saturated heterocycles. The highest BCUT2D eigenvalue weighted by molar-refractivity contribution is 5.81. The average molecular weight is 276 g/mol. The Kier molecular flexibility index (Phi) is 5.88. The Balaban J connectivity index is 2.81. The molecule has 1 amide bonds. The van der Waals surface area contributed by atoms with E-state index in [0.717, 1.165) is 5.56 Å². The molecule has 0 aliphatic carbocycles. The van der Waals surface area contributed by atoms with Gasteiger partial charge in [-0.1, -0.05) is 12.0 Å². The number of benzene rings is 1. The number of carbonyl (C=O) groups excluding carboxylic acids is 1. The minimum atomic E-state index is -0.668. The van der Waals surface area contributed by atoms with Crippen LogP contribution in [0.5, 0.6) is 11.5 Å². The molecule has 0 aliphatic heterocycles. The molecule has 0 bridgehead atoms. The first-order chi connectivity index (χ1) is 9.49. The summed E-state index contributed by atoms with van der Waals surface area (Å²) in [6.07, 6.45) is 4.41. The van der Waals surface area contributed by atoms with Gasteiger partial charge in [0.1, 0.15) is 0 Å². The summed E-state index contributed by atoms with van der Waals surface area (Å²) in [6.45, 7) is 3.70. The molecule has 0 fully saturated rings. The molecule has 0 saturated carbocycles. The molecule has 1 rings (SSSR count). The van der Waals surface area contributed by atoms with Crippen LogP contribution in [0.1, 0.15) is 25.5 Å². The molecular formula is C15H20N2O3. The highest BCUT2D eigenvalue weighted by Gasteiger charge is 2.16. The summed E-state index contributed by atoms with van der Waals surface area (Å²) in [7, 11) is 1.54. The van der Waals surface area contributed by atoms with Crippen molar-refractivity contribution in [3.05, 3.63) is 23.8 Å². The van der Waals surface area contributed by atoms with Gasteiger partial charge in [-0.25, -0.2) is 0 Å². The number of hydrogen-bond acceptors (Lipinski definition) is 4. The molecular weight excluding hydrogens is 256 g/mol. The lowest BCUT2D eigenvalue weighted by molar-refractivity contribution is -0.127. The van der Waals surface area contributed by atoms with E-state index in [2.05, 4.69) is 11.2 Å². The van der Waals surface area contributed by atoms with Gasteiger partial charge in [-0.15, -0.1) is 6.42 Å². The first-order valence-electron chi connectivity index (χ1n) is 6.31. The SMILES string of the molecule is C#CCNC(=O)C(C)Oc1ccc([C@H](C)N)cc1OC. The Morgan fingerprint density at radius 3 is 2.70 bits per heavy atom. The summed E-state index contributed by atoms with van der Waals surface area (Å²) in [5.74, 6) is 3.08. The van der Waals surface area contributed by atoms with Crippen molar-refractivity contribution in [3.63, 3.8) is 0 Å². The monoisotopic (exact) mass is 276 g/mol. The number of hydrogen-bond donors (Lipinski definition) is 2. The largest absolute Gasteiger partial charge is 0.493 e. The van der Waals surface area contributed by atoms with Crippen molar-refractivity contribution < 1.29 is 14.3 Å². The van der Waals surface area contributed by atoms with Crippen LogP contribution in [0, 0.1) is 12.3 Å². The fourth-order valence-corrected chi connectivity index (χ4v) is 1.59. The number of methoxy groups -OCH3 is 1. The molecule has 3 N–H and O–H groups in total. The molecule has 0 aromatic heterocycles. The van der Waals surface area contributed by atoms with Gasteiger partial charge in [0.05, 0.1) is 13.7 Å². The minimum absolute atomic E-state index is 0.102. The van der Waals surface area contributed by atoms with E-state index in [0.29, 0.717) is 11.5 Å². The summed E-state index contributed by atoms with van der Waals surface area (Å²) >= 11 is 0. The van der Waals surface area contributed by atoms with Gasteiger partial charge in [-0.2, -0.15) is 0 Å². The number of terminal acetylenes is 1. The number of amides is 1. The normalized spacial score (nSPS) is 12.9. The lowest BCUT2D eigenvalue weighted by atomic mass is 10.1. The van der Waals surface area contributed by atoms with Gasteiger partial charge in [0, 0.05) is 6.04 Å². The number of nitrogens with one attached hydrogen (secondary N) is 1. The molecule has 0 heterocycles. The molecule has 0 aliphatic rings. The van der Waals surface area contributed by atoms with Crippen LogP contribution in [-0.2, 0) is 4.79 Å². The van der Waals surface area contributed by atoms with Gasteiger partial charge in [-0.3, -0.25) is 4.79 Å². The summed E-state index contributed by atoms with van der Waals surface area (Å²) in [5, 5.41) is 2.56. The van der Waals surface area contributed by atoms with Crippen LogP contribution >= 0.6 is 0 Å². The Morgan fingerprint density at radius 1 is 1.45 bits per heavy atom. The van der Waals surface area contributed by atoms with Gasteiger partial charge in [0.15, 0.2) is 17.6 Å². The molecule has 108 valence electrons. The Hall–Kier alpha value is -2.19. The van der Waals surface area contributed by atoms with Crippen LogP contribution in [0.25, 0.3) is 0 Å². The molecule has 0 radical (unpaired) electrons. The van der Waals surface area contributed by atoms with Crippen molar-refractivity contribution in [1.29, 1.82) is 0 Å². The number of ether oxygens (including phenoxy) is 2. The van der Waals surface area contributed by atoms with Crippen molar-refractivity contribution in [2.45, 2.75) is 26.0 Å². The lowest BCUT2D eigenvalue weighted by Gasteiger charge is -2.17. The third-order valence-electron chi connectivity index (χ3n) is 2.75. The van der Waals surface area contributed by atoms with Crippen LogP contribution in [0.4, 0.5) is 0 Å². The Morgan fingerprint density at radius 2 is 2.15 bits per heavy atom. The number of rotatable bonds is 6. The third-order valence-corrected chi connectivity index (χ3v) is 2.75. The maximum atomic E-state index is 11.7. The Labute approximate surface area is 119 Å². The van der Waals surface area contributed by atoms with Gasteiger partial charge in [-0.05, 0) is 31.5 Å². The average Bonchev–Trinajstić information content (AvgIpc) is 2.44. The van der Waals surface area contributed by atoms with E-state index >= 15 is 0 Å². The fraction of sp³-hybridized carbons (Fsp3) is 0.400. The third kappa shape index (κ3) is 4.18. The van der Waals surface area contributed by atoms with Crippen LogP contribution in [-0.4, -0.2) is 25.7 Å². The fourth-order valence-electron chi connectivity index (χ4n) is 1.59. The molecule has 0 spiro atoms. The summed E-state index contributed by atoms with van der Waals surface area (Å²) in [5.41, 5.74) is 6.74. The predicted molar refractivity (Wildman–Crippen MR) is 77.5 cm³/mol. The molecule has 5 heteroatoms. The molecule has 1 unspecified atom stereocenters. The zero-order valence-corrected chi connectivity index (χ0v) is 12.0. The first-order valence-corrected chi connectivity index (χ1v) is 6.31. The van der Waals surface area contributed by atoms with Gasteiger partial charge in [0.2, 0.25) is 0 Å². The maximum Gasteiger partial charge on any atom is 0.261 e. The van der Waals surface area contributed by atoms with E-state index < -0.39 is 6.10 Å². The molecule has 20 heavy (non-hydrogen) atoms. The first kappa shape index (κ1) is 15.9. The van der Waals surface area contributed by atoms with Gasteiger partial charge >= 0.3 is 0 Å². The number of carbonyl (C=O) groups is 1. The molecule has 2 atom stereocenters. The predicted octanol–water partition coefficient (Wildman–Crippen LogP) is 1.23. The standard InChI is InChI=1S/C15H20N2O3/c1-5-8-17-15(18)11(3)20-13-7-6-12(10(2)16)9-14(13)19-4/h1,6-7,9-11H,8,16H2,2-4H3,(H,17,18)/t10-,11?/m0/s1. The second-order valence-corrected chi connectivity index (χ2v) is 4.38. The highest BCUT2D eigenvalue weighted by Crippen LogP contribution is 2.30. The minimum Gasteiger partial charge on any atom is -0.493 e. The van der Waals surface area contributed by atoms with E-state index in [1.165, 1.54) is 7.11 Å². The smallest absolute Gasteiger partial charge is 0.261 e. The van der Waals surface area contributed by atoms with Crippen molar-refractivity contribution in [1.82, 2.24) is 5.32 Å². The quantitative estimate of drug-likeness (QED) is 0.766. The van der Waals surface area contributed by atoms with Crippen molar-refractivity contribution in [3.8, 4) is 23.8 Å². The van der Waals surface area contributed by atoms with E-state index in [9.17, 15) is 4.79 Å². The van der Waals surface area contributed by atoms with Crippen molar-refractivity contribution >= 4 is 5.91 Å². The van der Waals surface area contributed by atoms with Gasteiger partial charge in [0.25, 0.3) is 5.91 Å². The topological polar surface area (TPSA) is 73.6 Å². The van der Waals surface area contributed by atoms with Crippen molar-refractivity contribution in [2.75, 3.05) is 13.7 Å². The summed E-state index contributed by atoms with van der Waals surface area (Å²) in [6, 6.07) is 5.28. The van der Waals surface area contributed by atoms with E-state index in [1.807, 2.05) is 13.0 Å². The summed E-state index contributed by atoms with van der Waals surface area (Å²) < 4.78 is 10.8. The second-order valence-electron chi connectivity index (χ2n) is 4.38. The molecule has 1 aromatic rings. The van der Waals surface area contributed by atoms with E-state index in [4.69, 9.17) is 21.6 Å². The zero-order valence-electron chi connectivity index (χ0n) is 12.0. The summed E-state index contributed by atoms with van der Waals surface area (Å²) in [4.78, 5) is 11.7. The second kappa shape index (κ2) is 7.41. The molecule has 1 aromatic carbocycles. The van der Waals surface area contributed by atoms with E-state index in [-0.39, 0.29) is 18.5 Å². The number of nitrogens with two attached hydrogens (primary N) is 1. The van der Waals surface area contributed by atoms with Crippen LogP contribution in [0.2, 0.25) is 0 Å². The van der Waals surface area contributed by atoms with Gasteiger partial charge < -0.3 is 20.5 Å². The van der Waals surface area contributed by atoms with Crippen LogP contribution in [0.3, 0.4) is 0 Å². The Bertz CT molecular complexity index is 506. The zero-order chi connectivity index (χ0) is 15.1. The lowest BCUT2D eigenvalue weighted by Crippen LogP contribution is -2.36. The highest BCUT2D eigenvalue weighted by atomic mass is 16.5. The van der Waals surface area contributed by atoms with Crippen LogP contribution in [0.15, 0.2) is 18.2 Å². The molecule has 5 nitrogen and oxygen atoms in total. The van der Waals surface area contributed by atoms with Crippen molar-refractivity contribution in [2.24, 2.45) is 5.73 Å². The van der Waals surface area contributed by atoms with Crippen LogP contribution < -0.4 is 20.5 Å². The van der Waals surface area contributed by atoms with E-state index in [1.54, 1.807) is 19.1 Å². The maximum absolute atomic E-state index is 11.7.